The SMILES string of the molecule is Nc1cc(Cl)cc(-c2nc(-c3cccnc3)no2)c1. The van der Waals surface area contributed by atoms with E-state index in [0.29, 0.717) is 28.0 Å². The molecule has 3 rings (SSSR count). The van der Waals surface area contributed by atoms with E-state index < -0.39 is 0 Å². The normalized spacial score (nSPS) is 10.6. The van der Waals surface area contributed by atoms with Gasteiger partial charge in [0.25, 0.3) is 5.89 Å². The molecule has 0 aliphatic rings. The van der Waals surface area contributed by atoms with Gasteiger partial charge in [-0.15, -0.1) is 0 Å². The van der Waals surface area contributed by atoms with Crippen LogP contribution in [0.4, 0.5) is 5.69 Å². The minimum absolute atomic E-state index is 0.369. The lowest BCUT2D eigenvalue weighted by atomic mass is 10.2. The summed E-state index contributed by atoms with van der Waals surface area (Å²) in [6.45, 7) is 0. The van der Waals surface area contributed by atoms with Crippen molar-refractivity contribution < 1.29 is 4.52 Å². The number of benzene rings is 1. The van der Waals surface area contributed by atoms with Crippen LogP contribution in [0.3, 0.4) is 0 Å². The van der Waals surface area contributed by atoms with Gasteiger partial charge in [0.2, 0.25) is 5.82 Å². The highest BCUT2D eigenvalue weighted by Crippen LogP contribution is 2.26. The summed E-state index contributed by atoms with van der Waals surface area (Å²) in [5.74, 6) is 0.842. The van der Waals surface area contributed by atoms with Crippen molar-refractivity contribution in [2.24, 2.45) is 0 Å². The van der Waals surface area contributed by atoms with E-state index in [1.54, 1.807) is 30.6 Å². The van der Waals surface area contributed by atoms with Crippen molar-refractivity contribution in [3.05, 3.63) is 47.7 Å². The molecule has 2 N–H and O–H groups in total. The van der Waals surface area contributed by atoms with Crippen LogP contribution in [0.2, 0.25) is 5.02 Å². The van der Waals surface area contributed by atoms with Gasteiger partial charge in [-0.05, 0) is 30.3 Å². The van der Waals surface area contributed by atoms with E-state index in [-0.39, 0.29) is 0 Å². The first kappa shape index (κ1) is 11.7. The number of nitrogens with two attached hydrogens (primary N) is 1. The van der Waals surface area contributed by atoms with Crippen molar-refractivity contribution in [2.75, 3.05) is 5.73 Å². The van der Waals surface area contributed by atoms with Gasteiger partial charge in [-0.2, -0.15) is 4.98 Å². The lowest BCUT2D eigenvalue weighted by Gasteiger charge is -1.98. The molecule has 0 radical (unpaired) electrons. The van der Waals surface area contributed by atoms with Crippen LogP contribution in [0.1, 0.15) is 0 Å². The Bertz CT molecular complexity index is 691. The maximum Gasteiger partial charge on any atom is 0.258 e. The maximum atomic E-state index is 5.94. The predicted octanol–water partition coefficient (Wildman–Crippen LogP) is 3.03. The minimum Gasteiger partial charge on any atom is -0.399 e. The van der Waals surface area contributed by atoms with Crippen LogP contribution in [0.5, 0.6) is 0 Å². The van der Waals surface area contributed by atoms with Gasteiger partial charge in [-0.1, -0.05) is 16.8 Å². The molecule has 94 valence electrons. The molecule has 0 aliphatic heterocycles. The summed E-state index contributed by atoms with van der Waals surface area (Å²) < 4.78 is 5.21. The molecule has 1 aromatic carbocycles. The molecule has 0 aliphatic carbocycles. The number of hydrogen-bond donors (Lipinski definition) is 1. The fourth-order valence-electron chi connectivity index (χ4n) is 1.69. The zero-order valence-electron chi connectivity index (χ0n) is 9.75. The molecule has 6 heteroatoms. The number of anilines is 1. The van der Waals surface area contributed by atoms with Crippen molar-refractivity contribution in [1.29, 1.82) is 0 Å². The molecule has 0 spiro atoms. The lowest BCUT2D eigenvalue weighted by Crippen LogP contribution is -1.86. The molecule has 0 fully saturated rings. The molecule has 3 aromatic rings. The smallest absolute Gasteiger partial charge is 0.258 e. The Labute approximate surface area is 114 Å². The highest BCUT2D eigenvalue weighted by molar-refractivity contribution is 6.31. The highest BCUT2D eigenvalue weighted by Gasteiger charge is 2.11. The molecule has 19 heavy (non-hydrogen) atoms. The highest BCUT2D eigenvalue weighted by atomic mass is 35.5. The molecular weight excluding hydrogens is 264 g/mol. The largest absolute Gasteiger partial charge is 0.399 e. The summed E-state index contributed by atoms with van der Waals surface area (Å²) in [5.41, 5.74) is 7.75. The van der Waals surface area contributed by atoms with Crippen LogP contribution in [0, 0.1) is 0 Å². The average molecular weight is 273 g/mol. The number of nitrogen functional groups attached to an aromatic ring is 1. The Kier molecular flexibility index (Phi) is 2.89. The van der Waals surface area contributed by atoms with Gasteiger partial charge in [0.1, 0.15) is 0 Å². The van der Waals surface area contributed by atoms with E-state index >= 15 is 0 Å². The van der Waals surface area contributed by atoms with E-state index in [4.69, 9.17) is 21.9 Å². The number of halogens is 1. The molecule has 2 aromatic heterocycles. The van der Waals surface area contributed by atoms with Crippen LogP contribution in [0.25, 0.3) is 22.8 Å². The second-order valence-corrected chi connectivity index (χ2v) is 4.37. The standard InChI is InChI=1S/C13H9ClN4O/c14-10-4-9(5-11(15)6-10)13-17-12(18-19-13)8-2-1-3-16-7-8/h1-7H,15H2. The van der Waals surface area contributed by atoms with Crippen molar-refractivity contribution >= 4 is 17.3 Å². The number of aromatic nitrogens is 3. The zero-order valence-corrected chi connectivity index (χ0v) is 10.5. The topological polar surface area (TPSA) is 77.8 Å². The molecule has 0 saturated carbocycles. The number of nitrogens with zero attached hydrogens (tertiary/aromatic N) is 3. The Morgan fingerprint density at radius 1 is 1.16 bits per heavy atom. The second-order valence-electron chi connectivity index (χ2n) is 3.94. The van der Waals surface area contributed by atoms with Crippen LogP contribution >= 0.6 is 11.6 Å². The molecule has 5 nitrogen and oxygen atoms in total. The third-order valence-corrected chi connectivity index (χ3v) is 2.73. The number of hydrogen-bond acceptors (Lipinski definition) is 5. The number of rotatable bonds is 2. The summed E-state index contributed by atoms with van der Waals surface area (Å²) in [6.07, 6.45) is 3.35. The first-order valence-corrected chi connectivity index (χ1v) is 5.91. The third kappa shape index (κ3) is 2.41. The van der Waals surface area contributed by atoms with Gasteiger partial charge in [0.15, 0.2) is 0 Å². The summed E-state index contributed by atoms with van der Waals surface area (Å²) in [5, 5.41) is 4.44. The van der Waals surface area contributed by atoms with Gasteiger partial charge < -0.3 is 10.3 Å². The lowest BCUT2D eigenvalue weighted by molar-refractivity contribution is 0.432. The predicted molar refractivity (Wildman–Crippen MR) is 72.4 cm³/mol. The minimum atomic E-state index is 0.369. The Morgan fingerprint density at radius 3 is 2.79 bits per heavy atom. The zero-order chi connectivity index (χ0) is 13.2. The monoisotopic (exact) mass is 272 g/mol. The van der Waals surface area contributed by atoms with Crippen molar-refractivity contribution in [3.8, 4) is 22.8 Å². The summed E-state index contributed by atoms with van der Waals surface area (Å²) >= 11 is 5.94. The molecule has 0 unspecified atom stereocenters. The van der Waals surface area contributed by atoms with Crippen molar-refractivity contribution in [1.82, 2.24) is 15.1 Å². The molecule has 0 bridgehead atoms. The average Bonchev–Trinajstić information content (AvgIpc) is 2.88. The quantitative estimate of drug-likeness (QED) is 0.726. The first-order valence-electron chi connectivity index (χ1n) is 5.53. The van der Waals surface area contributed by atoms with Gasteiger partial charge in [0, 0.05) is 34.2 Å². The fourth-order valence-corrected chi connectivity index (χ4v) is 1.93. The van der Waals surface area contributed by atoms with Gasteiger partial charge >= 0.3 is 0 Å². The van der Waals surface area contributed by atoms with Crippen LogP contribution in [0.15, 0.2) is 47.2 Å². The van der Waals surface area contributed by atoms with E-state index in [0.717, 1.165) is 5.56 Å². The van der Waals surface area contributed by atoms with Crippen molar-refractivity contribution in [3.63, 3.8) is 0 Å². The second kappa shape index (κ2) is 4.70. The van der Waals surface area contributed by atoms with Crippen LogP contribution < -0.4 is 5.73 Å². The summed E-state index contributed by atoms with van der Waals surface area (Å²) in [7, 11) is 0. The Balaban J connectivity index is 2.02. The fraction of sp³-hybridized carbons (Fsp3) is 0. The first-order chi connectivity index (χ1) is 9.22. The van der Waals surface area contributed by atoms with E-state index in [1.165, 1.54) is 0 Å². The molecule has 2 heterocycles. The molecule has 0 atom stereocenters. The Hall–Kier alpha value is -2.40. The van der Waals surface area contributed by atoms with E-state index in [9.17, 15) is 0 Å². The summed E-state index contributed by atoms with van der Waals surface area (Å²) in [6, 6.07) is 8.77. The van der Waals surface area contributed by atoms with Gasteiger partial charge in [0.05, 0.1) is 0 Å². The van der Waals surface area contributed by atoms with E-state index in [1.807, 2.05) is 12.1 Å². The third-order valence-electron chi connectivity index (χ3n) is 2.51. The number of pyridine rings is 1. The van der Waals surface area contributed by atoms with Crippen molar-refractivity contribution in [2.45, 2.75) is 0 Å². The summed E-state index contributed by atoms with van der Waals surface area (Å²) in [4.78, 5) is 8.31. The van der Waals surface area contributed by atoms with Crippen LogP contribution in [-0.4, -0.2) is 15.1 Å². The molecule has 0 amide bonds. The van der Waals surface area contributed by atoms with E-state index in [2.05, 4.69) is 15.1 Å². The Morgan fingerprint density at radius 2 is 2.05 bits per heavy atom. The van der Waals surface area contributed by atoms with Gasteiger partial charge in [-0.3, -0.25) is 4.98 Å². The van der Waals surface area contributed by atoms with Gasteiger partial charge in [-0.25, -0.2) is 0 Å². The van der Waals surface area contributed by atoms with Crippen LogP contribution in [-0.2, 0) is 0 Å². The molecular formula is C13H9ClN4O. The molecule has 0 saturated heterocycles. The maximum absolute atomic E-state index is 5.94.